The fourth-order valence-electron chi connectivity index (χ4n) is 1.93. The van der Waals surface area contributed by atoms with E-state index < -0.39 is 30.3 Å². The molecule has 0 saturated carbocycles. The average Bonchev–Trinajstić information content (AvgIpc) is 2.61. The van der Waals surface area contributed by atoms with Gasteiger partial charge in [-0.25, -0.2) is 14.0 Å². The molecule has 25 heavy (non-hydrogen) atoms. The first-order valence-electron chi connectivity index (χ1n) is 7.01. The van der Waals surface area contributed by atoms with Crippen LogP contribution in [0.15, 0.2) is 42.5 Å². The fraction of sp³-hybridized carbons (Fsp3) is 0.118. The van der Waals surface area contributed by atoms with Gasteiger partial charge in [-0.2, -0.15) is 0 Å². The van der Waals surface area contributed by atoms with Crippen molar-refractivity contribution in [1.82, 2.24) is 0 Å². The van der Waals surface area contributed by atoms with Gasteiger partial charge in [-0.1, -0.05) is 23.7 Å². The number of ether oxygens (including phenoxy) is 2. The number of halogens is 2. The number of benzene rings is 2. The van der Waals surface area contributed by atoms with Crippen LogP contribution in [0.5, 0.6) is 0 Å². The van der Waals surface area contributed by atoms with Gasteiger partial charge in [-0.05, 0) is 30.3 Å². The summed E-state index contributed by atoms with van der Waals surface area (Å²) < 4.78 is 22.9. The summed E-state index contributed by atoms with van der Waals surface area (Å²) in [7, 11) is 1.21. The SMILES string of the molecule is COC(=O)c1ccccc1NC(=O)COC(=O)c1cc(Cl)ccc1F. The van der Waals surface area contributed by atoms with Gasteiger partial charge in [0.1, 0.15) is 5.82 Å². The van der Waals surface area contributed by atoms with Gasteiger partial charge in [0, 0.05) is 5.02 Å². The smallest absolute Gasteiger partial charge is 0.341 e. The van der Waals surface area contributed by atoms with Gasteiger partial charge in [0.15, 0.2) is 6.61 Å². The summed E-state index contributed by atoms with van der Waals surface area (Å²) in [6.45, 7) is -0.666. The molecule has 0 aromatic heterocycles. The van der Waals surface area contributed by atoms with Crippen molar-refractivity contribution >= 4 is 35.1 Å². The predicted molar refractivity (Wildman–Crippen MR) is 88.1 cm³/mol. The number of methoxy groups -OCH3 is 1. The topological polar surface area (TPSA) is 81.7 Å². The second-order valence-corrected chi connectivity index (χ2v) is 5.22. The predicted octanol–water partition coefficient (Wildman–Crippen LogP) is 3.06. The van der Waals surface area contributed by atoms with Crippen LogP contribution in [0.3, 0.4) is 0 Å². The Kier molecular flexibility index (Phi) is 6.08. The maximum Gasteiger partial charge on any atom is 0.341 e. The van der Waals surface area contributed by atoms with Crippen molar-refractivity contribution in [3.05, 3.63) is 64.4 Å². The number of anilines is 1. The molecule has 2 aromatic carbocycles. The summed E-state index contributed by atoms with van der Waals surface area (Å²) in [6.07, 6.45) is 0. The van der Waals surface area contributed by atoms with E-state index in [4.69, 9.17) is 16.3 Å². The third-order valence-electron chi connectivity index (χ3n) is 3.09. The zero-order valence-corrected chi connectivity index (χ0v) is 13.8. The Labute approximate surface area is 147 Å². The molecule has 0 heterocycles. The van der Waals surface area contributed by atoms with Crippen molar-refractivity contribution in [2.24, 2.45) is 0 Å². The minimum atomic E-state index is -1.03. The lowest BCUT2D eigenvalue weighted by molar-refractivity contribution is -0.119. The zero-order valence-electron chi connectivity index (χ0n) is 13.0. The molecule has 0 fully saturated rings. The van der Waals surface area contributed by atoms with E-state index in [0.717, 1.165) is 12.1 Å². The van der Waals surface area contributed by atoms with Crippen LogP contribution in [-0.4, -0.2) is 31.6 Å². The summed E-state index contributed by atoms with van der Waals surface area (Å²) in [4.78, 5) is 35.3. The molecule has 0 aliphatic heterocycles. The maximum absolute atomic E-state index is 13.6. The van der Waals surface area contributed by atoms with Gasteiger partial charge in [-0.15, -0.1) is 0 Å². The van der Waals surface area contributed by atoms with Crippen LogP contribution in [0.1, 0.15) is 20.7 Å². The van der Waals surface area contributed by atoms with E-state index in [1.54, 1.807) is 12.1 Å². The highest BCUT2D eigenvalue weighted by molar-refractivity contribution is 6.30. The Hall–Kier alpha value is -2.93. The molecular formula is C17H13ClFNO5. The van der Waals surface area contributed by atoms with Crippen LogP contribution in [0.4, 0.5) is 10.1 Å². The van der Waals surface area contributed by atoms with E-state index in [-0.39, 0.29) is 21.8 Å². The first-order chi connectivity index (χ1) is 11.9. The molecule has 130 valence electrons. The third-order valence-corrected chi connectivity index (χ3v) is 3.32. The molecule has 0 spiro atoms. The van der Waals surface area contributed by atoms with Gasteiger partial charge in [0.05, 0.1) is 23.9 Å². The van der Waals surface area contributed by atoms with Gasteiger partial charge in [0.25, 0.3) is 5.91 Å². The number of carbonyl (C=O) groups excluding carboxylic acids is 3. The first-order valence-corrected chi connectivity index (χ1v) is 7.39. The van der Waals surface area contributed by atoms with Crippen molar-refractivity contribution in [1.29, 1.82) is 0 Å². The standard InChI is InChI=1S/C17H13ClFNO5/c1-24-16(22)11-4-2-3-5-14(11)20-15(21)9-25-17(23)12-8-10(18)6-7-13(12)19/h2-8H,9H2,1H3,(H,20,21). The van der Waals surface area contributed by atoms with E-state index in [9.17, 15) is 18.8 Å². The number of hydrogen-bond donors (Lipinski definition) is 1. The van der Waals surface area contributed by atoms with Crippen LogP contribution in [0.2, 0.25) is 5.02 Å². The van der Waals surface area contributed by atoms with Crippen LogP contribution < -0.4 is 5.32 Å². The number of hydrogen-bond acceptors (Lipinski definition) is 5. The zero-order chi connectivity index (χ0) is 18.4. The molecule has 6 nitrogen and oxygen atoms in total. The van der Waals surface area contributed by atoms with Crippen LogP contribution >= 0.6 is 11.6 Å². The minimum absolute atomic E-state index is 0.144. The van der Waals surface area contributed by atoms with Gasteiger partial charge >= 0.3 is 11.9 Å². The molecule has 0 saturated heterocycles. The second kappa shape index (κ2) is 8.25. The third kappa shape index (κ3) is 4.77. The number of para-hydroxylation sites is 1. The Balaban J connectivity index is 2.01. The van der Waals surface area contributed by atoms with Crippen molar-refractivity contribution < 1.29 is 28.2 Å². The fourth-order valence-corrected chi connectivity index (χ4v) is 2.10. The summed E-state index contributed by atoms with van der Waals surface area (Å²) in [5.41, 5.74) is -0.0369. The van der Waals surface area contributed by atoms with E-state index >= 15 is 0 Å². The Morgan fingerprint density at radius 2 is 1.80 bits per heavy atom. The molecule has 2 rings (SSSR count). The van der Waals surface area contributed by atoms with Crippen molar-refractivity contribution in [3.8, 4) is 0 Å². The van der Waals surface area contributed by atoms with E-state index in [2.05, 4.69) is 10.1 Å². The minimum Gasteiger partial charge on any atom is -0.465 e. The number of rotatable bonds is 5. The highest BCUT2D eigenvalue weighted by atomic mass is 35.5. The molecule has 0 radical (unpaired) electrons. The quantitative estimate of drug-likeness (QED) is 0.823. The second-order valence-electron chi connectivity index (χ2n) is 4.79. The maximum atomic E-state index is 13.6. The number of nitrogens with one attached hydrogen (secondary N) is 1. The molecular weight excluding hydrogens is 353 g/mol. The Morgan fingerprint density at radius 3 is 2.52 bits per heavy atom. The lowest BCUT2D eigenvalue weighted by Crippen LogP contribution is -2.22. The molecule has 8 heteroatoms. The lowest BCUT2D eigenvalue weighted by atomic mass is 10.2. The average molecular weight is 366 g/mol. The van der Waals surface area contributed by atoms with Crippen molar-refractivity contribution in [3.63, 3.8) is 0 Å². The normalized spacial score (nSPS) is 10.0. The number of esters is 2. The molecule has 0 atom stereocenters. The number of carbonyl (C=O) groups is 3. The van der Waals surface area contributed by atoms with E-state index in [1.165, 1.54) is 25.3 Å². The molecule has 1 amide bonds. The van der Waals surface area contributed by atoms with Crippen LogP contribution in [-0.2, 0) is 14.3 Å². The first kappa shape index (κ1) is 18.4. The van der Waals surface area contributed by atoms with Gasteiger partial charge in [0.2, 0.25) is 0 Å². The molecule has 0 unspecified atom stereocenters. The monoisotopic (exact) mass is 365 g/mol. The van der Waals surface area contributed by atoms with Gasteiger partial charge in [-0.3, -0.25) is 4.79 Å². The largest absolute Gasteiger partial charge is 0.465 e. The summed E-state index contributed by atoms with van der Waals surface area (Å²) in [6, 6.07) is 9.57. The molecule has 0 aliphatic carbocycles. The van der Waals surface area contributed by atoms with Crippen molar-refractivity contribution in [2.45, 2.75) is 0 Å². The Bertz CT molecular complexity index is 824. The molecule has 2 aromatic rings. The van der Waals surface area contributed by atoms with Gasteiger partial charge < -0.3 is 14.8 Å². The number of amides is 1. The summed E-state index contributed by atoms with van der Waals surface area (Å²) in [5, 5.41) is 2.58. The van der Waals surface area contributed by atoms with Crippen LogP contribution in [0.25, 0.3) is 0 Å². The molecule has 0 aliphatic rings. The molecule has 1 N–H and O–H groups in total. The molecule has 0 bridgehead atoms. The Morgan fingerprint density at radius 1 is 1.08 bits per heavy atom. The summed E-state index contributed by atoms with van der Waals surface area (Å²) in [5.74, 6) is -3.18. The highest BCUT2D eigenvalue weighted by Gasteiger charge is 2.17. The lowest BCUT2D eigenvalue weighted by Gasteiger charge is -2.10. The van der Waals surface area contributed by atoms with Crippen LogP contribution in [0, 0.1) is 5.82 Å². The van der Waals surface area contributed by atoms with Crippen molar-refractivity contribution in [2.75, 3.05) is 19.0 Å². The van der Waals surface area contributed by atoms with E-state index in [1.807, 2.05) is 0 Å². The van der Waals surface area contributed by atoms with E-state index in [0.29, 0.717) is 0 Å². The highest BCUT2D eigenvalue weighted by Crippen LogP contribution is 2.17. The summed E-state index contributed by atoms with van der Waals surface area (Å²) >= 11 is 5.69.